The van der Waals surface area contributed by atoms with Crippen molar-refractivity contribution in [2.24, 2.45) is 0 Å². The van der Waals surface area contributed by atoms with Crippen LogP contribution in [0.3, 0.4) is 0 Å². The largest absolute Gasteiger partial charge is 1.00 e. The molecule has 0 spiro atoms. The molecule has 0 fully saturated rings. The van der Waals surface area contributed by atoms with E-state index in [-0.39, 0.29) is 50.7 Å². The molecule has 1 radical (unpaired) electrons. The molecule has 0 saturated heterocycles. The zero-order chi connectivity index (χ0) is 85.1. The minimum atomic E-state index is -3.64. The predicted molar refractivity (Wildman–Crippen MR) is 489 cm³/mol. The van der Waals surface area contributed by atoms with Gasteiger partial charge in [-0.15, -0.1) is 0 Å². The molecule has 15 heterocycles. The molecule has 0 unspecified atom stereocenters. The number of pyridine rings is 10. The number of H-pyrrole nitrogens is 1. The van der Waals surface area contributed by atoms with Gasteiger partial charge in [0.05, 0.1) is 54.6 Å². The third-order valence-corrected chi connectivity index (χ3v) is 20.4. The van der Waals surface area contributed by atoms with E-state index < -0.39 is 50.6 Å². The number of aromatic amines is 1. The number of ether oxygens (including phenoxy) is 2. The zero-order valence-electron chi connectivity index (χ0n) is 66.0. The van der Waals surface area contributed by atoms with Gasteiger partial charge in [-0.25, -0.2) is 43.9 Å². The van der Waals surface area contributed by atoms with E-state index in [1.165, 1.54) is 41.9 Å². The van der Waals surface area contributed by atoms with E-state index in [1.807, 2.05) is 106 Å². The van der Waals surface area contributed by atoms with E-state index in [0.717, 1.165) is 66.5 Å². The summed E-state index contributed by atoms with van der Waals surface area (Å²) in [5.41, 5.74) is 9.84. The summed E-state index contributed by atoms with van der Waals surface area (Å²) in [6, 6.07) is 52.6. The number of halogens is 4. The molecule has 17 rings (SSSR count). The minimum absolute atomic E-state index is 0. The third kappa shape index (κ3) is 25.0. The van der Waals surface area contributed by atoms with Crippen LogP contribution in [0.5, 0.6) is 5.88 Å². The normalized spacial score (nSPS) is 11.1. The molecule has 0 saturated carbocycles. The SMILES string of the molecule is CC(C)(C)OC(=O)n1c(O[B]O)cc2c(-c3ccncc3)nccc21.CC(C)(C)OC(=O)n1ccc2c(-c3ccncc3)nccc21.CC(I)(I)I.O=S(=O)(c1ccccc1)n1ccc2c(-c3ccncc3)nccc21.O=S(=O)(c1ccccc1)n1ccc2c(Cl)nccc21.OB(O)c1ccncc1.[Na+].[OH-].c1cc(-c2nccc3[nH]ccc23)ccn1. The standard InChI is InChI=1S/C18H13N3O2S.C17H17BN3O4.C17H17N3O2.C13H9ClN2O2S.C12H9N3.C5H6BNO2.C2H3I3.Na.H2O/c22-24(23,15-4-2-1-3-5-15)21-13-9-16-17(21)8-12-20-18(16)14-6-10-19-11-7-14;1-17(2,3)24-16(22)21-13-6-9-20-15(11-4-7-19-8-5-11)12(13)10-14(21)25-18-23;1-17(2,3)22-16(21)20-11-7-13-14(20)6-10-19-15(13)12-4-8-18-9-5-12;14-13-11-7-9-16(12(11)6-8-15-13)19(17,18)10-4-2-1-3-5-10;1-5-13-6-2-9(1)12-10-3-7-14-11(10)4-8-15-12;8-6(9)5-1-3-7-4-2-5;1-2(3,4)5;;/h1-13H;4-10,23H,1-3H3;4-11H,1-3H3;1-9H;1-8,14H;1-4,8-9H;1H3;;1H2/q;;;;;;;+1;/p-1. The number of hydrogen-bond donors (Lipinski definition) is 4. The topological polar surface area (TPSA) is 385 Å². The molecule has 5 N–H and O–H groups in total. The van der Waals surface area contributed by atoms with Crippen LogP contribution in [0.4, 0.5) is 9.59 Å². The Labute approximate surface area is 765 Å². The van der Waals surface area contributed by atoms with Gasteiger partial charge in [0.15, 0.2) is 5.88 Å². The van der Waals surface area contributed by atoms with Gasteiger partial charge >= 0.3 is 56.5 Å². The Hall–Kier alpha value is -10.3. The molecule has 15 aromatic heterocycles. The van der Waals surface area contributed by atoms with Crippen molar-refractivity contribution in [2.75, 3.05) is 0 Å². The van der Waals surface area contributed by atoms with Gasteiger partial charge < -0.3 is 39.7 Å². The molecular weight excluding hydrogens is 1950 g/mol. The van der Waals surface area contributed by atoms with E-state index in [0.29, 0.717) is 50.8 Å². The van der Waals surface area contributed by atoms with Crippen molar-refractivity contribution in [3.63, 3.8) is 0 Å². The fourth-order valence-corrected chi connectivity index (χ4v) is 14.6. The average Bonchev–Trinajstić information content (AvgIpc) is 1.63. The van der Waals surface area contributed by atoms with Crippen molar-refractivity contribution in [2.45, 2.75) is 68.9 Å². The van der Waals surface area contributed by atoms with Crippen LogP contribution < -0.4 is 39.7 Å². The summed E-state index contributed by atoms with van der Waals surface area (Å²) in [7, 11) is -8.11. The number of alkyl halides is 3. The molecule has 0 aliphatic rings. The second kappa shape index (κ2) is 43.0. The molecule has 17 aromatic rings. The zero-order valence-corrected chi connectivity index (χ0v) is 76.9. The van der Waals surface area contributed by atoms with Crippen molar-refractivity contribution in [3.8, 4) is 50.9 Å². The Morgan fingerprint density at radius 1 is 0.446 bits per heavy atom. The number of hydrogen-bond acceptors (Lipinski definition) is 23. The maximum absolute atomic E-state index is 12.9. The summed E-state index contributed by atoms with van der Waals surface area (Å²) in [6.45, 7) is 13.0. The molecule has 0 bridgehead atoms. The van der Waals surface area contributed by atoms with Crippen LogP contribution in [-0.2, 0) is 29.5 Å². The van der Waals surface area contributed by atoms with Crippen molar-refractivity contribution in [1.29, 1.82) is 0 Å². The minimum Gasteiger partial charge on any atom is -0.870 e. The monoisotopic (exact) mass is 2030 g/mol. The summed E-state index contributed by atoms with van der Waals surface area (Å²) in [4.78, 5) is 69.9. The van der Waals surface area contributed by atoms with Crippen LogP contribution in [0.15, 0.2) is 310 Å². The Morgan fingerprint density at radius 2 is 0.810 bits per heavy atom. The third-order valence-electron chi connectivity index (χ3n) is 16.7. The quantitative estimate of drug-likeness (QED) is 0.0404. The number of carbonyl (C=O) groups is 2. The van der Waals surface area contributed by atoms with E-state index >= 15 is 0 Å². The van der Waals surface area contributed by atoms with Crippen molar-refractivity contribution in [1.82, 2.24) is 71.9 Å². The first-order chi connectivity index (χ1) is 56.9. The van der Waals surface area contributed by atoms with Gasteiger partial charge in [0.2, 0.25) is 0 Å². The van der Waals surface area contributed by atoms with Crippen LogP contribution in [-0.4, -0.2) is 147 Å². The molecule has 0 atom stereocenters. The maximum atomic E-state index is 12.9. The molecular formula is C84H75B2ClI3N15NaO13S2. The van der Waals surface area contributed by atoms with E-state index in [1.54, 1.807) is 211 Å². The van der Waals surface area contributed by atoms with Crippen molar-refractivity contribution >= 4 is 186 Å². The smallest absolute Gasteiger partial charge is 0.870 e. The maximum Gasteiger partial charge on any atom is 1.00 e. The van der Waals surface area contributed by atoms with Gasteiger partial charge in [-0.3, -0.25) is 49.4 Å². The van der Waals surface area contributed by atoms with E-state index in [4.69, 9.17) is 40.8 Å². The van der Waals surface area contributed by atoms with Gasteiger partial charge in [0.1, 0.15) is 15.8 Å². The number of nitrogens with one attached hydrogen (secondary N) is 1. The Kier molecular flexibility index (Phi) is 33.6. The Balaban J connectivity index is 0.000000166. The summed E-state index contributed by atoms with van der Waals surface area (Å²) in [6.07, 6.45) is 30.6. The second-order valence-electron chi connectivity index (χ2n) is 27.3. The summed E-state index contributed by atoms with van der Waals surface area (Å²) in [5, 5.41) is 30.6. The first kappa shape index (κ1) is 94.6. The summed E-state index contributed by atoms with van der Waals surface area (Å²) >= 11 is 13.0. The van der Waals surface area contributed by atoms with Crippen LogP contribution in [0.2, 0.25) is 5.15 Å². The number of carbonyl (C=O) groups excluding carboxylic acids is 2. The van der Waals surface area contributed by atoms with Gasteiger partial charge in [0, 0.05) is 179 Å². The van der Waals surface area contributed by atoms with E-state index in [9.17, 15) is 26.4 Å². The van der Waals surface area contributed by atoms with Crippen LogP contribution >= 0.6 is 79.4 Å². The van der Waals surface area contributed by atoms with Gasteiger partial charge in [-0.05, 0) is 193 Å². The number of fused-ring (bicyclic) bond motifs is 5. The molecule has 0 amide bonds. The predicted octanol–water partition coefficient (Wildman–Crippen LogP) is 14.1. The van der Waals surface area contributed by atoms with Gasteiger partial charge in [-0.2, -0.15) is 0 Å². The van der Waals surface area contributed by atoms with Crippen LogP contribution in [0.1, 0.15) is 48.5 Å². The first-order valence-electron chi connectivity index (χ1n) is 36.0. The number of benzene rings is 2. The molecule has 37 heteroatoms. The first-order valence-corrected chi connectivity index (χ1v) is 42.5. The Bertz CT molecular complexity index is 6500. The van der Waals surface area contributed by atoms with Crippen LogP contribution in [0, 0.1) is 0 Å². The molecule has 28 nitrogen and oxygen atoms in total. The molecule has 2 aromatic carbocycles. The molecule has 611 valence electrons. The van der Waals surface area contributed by atoms with Gasteiger partial charge in [-0.1, -0.05) is 116 Å². The molecule has 121 heavy (non-hydrogen) atoms. The summed E-state index contributed by atoms with van der Waals surface area (Å²) < 4.78 is 72.5. The van der Waals surface area contributed by atoms with Crippen LogP contribution in [0.25, 0.3) is 99.5 Å². The second-order valence-corrected chi connectivity index (χ2v) is 44.0. The molecule has 0 aliphatic carbocycles. The van der Waals surface area contributed by atoms with Gasteiger partial charge in [0.25, 0.3) is 20.0 Å². The van der Waals surface area contributed by atoms with E-state index in [2.05, 4.69) is 130 Å². The van der Waals surface area contributed by atoms with Crippen molar-refractivity contribution in [3.05, 3.63) is 305 Å². The average molecular weight is 2030 g/mol. The Morgan fingerprint density at radius 3 is 1.24 bits per heavy atom. The molecule has 0 aliphatic heterocycles. The number of nitrogens with zero attached hydrogens (tertiary/aromatic N) is 14. The van der Waals surface area contributed by atoms with Crippen molar-refractivity contribution < 1.29 is 90.7 Å². The fourth-order valence-electron chi connectivity index (χ4n) is 11.6. The fraction of sp³-hybridized carbons (Fsp3) is 0.119. The number of rotatable bonds is 11. The number of aromatic nitrogens is 15. The summed E-state index contributed by atoms with van der Waals surface area (Å²) in [5.74, 6) is 0.134.